The van der Waals surface area contributed by atoms with E-state index in [4.69, 9.17) is 9.63 Å². The fourth-order valence-corrected chi connectivity index (χ4v) is 3.24. The fraction of sp³-hybridized carbons (Fsp3) is 0.385. The number of aromatic nitrogens is 2. The number of hydrogen-bond acceptors (Lipinski definition) is 6. The summed E-state index contributed by atoms with van der Waals surface area (Å²) in [6.45, 7) is 3.23. The standard InChI is InChI=1S/C13H17N3O4S/c1-9(2)16-21(18,19)8-10-3-5-11(6-4-10)13-14-12(7-17)20-15-13/h3-6,9,16-17H,7-8H2,1-2H3. The Hall–Kier alpha value is -1.77. The fourth-order valence-electron chi connectivity index (χ4n) is 1.81. The molecule has 2 rings (SSSR count). The van der Waals surface area contributed by atoms with Crippen molar-refractivity contribution in [3.8, 4) is 11.4 Å². The third kappa shape index (κ3) is 4.35. The summed E-state index contributed by atoms with van der Waals surface area (Å²) in [4.78, 5) is 3.98. The van der Waals surface area contributed by atoms with Gasteiger partial charge in [0.1, 0.15) is 6.61 Å². The molecule has 0 aliphatic heterocycles. The van der Waals surface area contributed by atoms with Crippen molar-refractivity contribution >= 4 is 10.0 Å². The predicted octanol–water partition coefficient (Wildman–Crippen LogP) is 1.06. The van der Waals surface area contributed by atoms with Crippen LogP contribution in [0.5, 0.6) is 0 Å². The van der Waals surface area contributed by atoms with Crippen LogP contribution in [0.3, 0.4) is 0 Å². The molecule has 0 spiro atoms. The second-order valence-electron chi connectivity index (χ2n) is 4.90. The molecule has 0 atom stereocenters. The molecule has 0 saturated carbocycles. The normalized spacial score (nSPS) is 12.0. The van der Waals surface area contributed by atoms with Crippen molar-refractivity contribution in [3.05, 3.63) is 35.7 Å². The molecule has 2 N–H and O–H groups in total. The summed E-state index contributed by atoms with van der Waals surface area (Å²) >= 11 is 0. The molecule has 1 aromatic heterocycles. The highest BCUT2D eigenvalue weighted by Crippen LogP contribution is 2.17. The molecule has 0 radical (unpaired) electrons. The van der Waals surface area contributed by atoms with E-state index in [0.717, 1.165) is 0 Å². The van der Waals surface area contributed by atoms with E-state index in [1.54, 1.807) is 38.1 Å². The van der Waals surface area contributed by atoms with E-state index in [-0.39, 0.29) is 24.3 Å². The predicted molar refractivity (Wildman–Crippen MR) is 76.6 cm³/mol. The van der Waals surface area contributed by atoms with E-state index in [0.29, 0.717) is 17.0 Å². The summed E-state index contributed by atoms with van der Waals surface area (Å²) in [5.41, 5.74) is 1.36. The largest absolute Gasteiger partial charge is 0.387 e. The Balaban J connectivity index is 2.12. The molecule has 21 heavy (non-hydrogen) atoms. The van der Waals surface area contributed by atoms with Crippen LogP contribution in [-0.2, 0) is 22.4 Å². The SMILES string of the molecule is CC(C)NS(=O)(=O)Cc1ccc(-c2noc(CO)n2)cc1. The van der Waals surface area contributed by atoms with Gasteiger partial charge in [-0.05, 0) is 19.4 Å². The third-order valence-corrected chi connectivity index (χ3v) is 4.13. The number of benzene rings is 1. The van der Waals surface area contributed by atoms with Crippen molar-refractivity contribution in [2.45, 2.75) is 32.2 Å². The van der Waals surface area contributed by atoms with Gasteiger partial charge in [0, 0.05) is 11.6 Å². The van der Waals surface area contributed by atoms with Crippen molar-refractivity contribution in [3.63, 3.8) is 0 Å². The number of aliphatic hydroxyl groups is 1. The summed E-state index contributed by atoms with van der Waals surface area (Å²) in [5.74, 6) is 0.408. The van der Waals surface area contributed by atoms with Crippen molar-refractivity contribution in [1.29, 1.82) is 0 Å². The van der Waals surface area contributed by atoms with Gasteiger partial charge in [0.15, 0.2) is 0 Å². The van der Waals surface area contributed by atoms with E-state index in [1.165, 1.54) is 0 Å². The minimum atomic E-state index is -3.34. The van der Waals surface area contributed by atoms with E-state index in [1.807, 2.05) is 0 Å². The van der Waals surface area contributed by atoms with Gasteiger partial charge < -0.3 is 9.63 Å². The highest BCUT2D eigenvalue weighted by atomic mass is 32.2. The number of hydrogen-bond donors (Lipinski definition) is 2. The molecule has 0 saturated heterocycles. The molecule has 0 amide bonds. The van der Waals surface area contributed by atoms with Crippen molar-refractivity contribution in [2.75, 3.05) is 0 Å². The van der Waals surface area contributed by atoms with Gasteiger partial charge in [-0.25, -0.2) is 13.1 Å². The molecule has 0 aliphatic carbocycles. The first-order chi connectivity index (χ1) is 9.89. The van der Waals surface area contributed by atoms with E-state index in [2.05, 4.69) is 14.9 Å². The summed E-state index contributed by atoms with van der Waals surface area (Å²) in [5, 5.41) is 12.6. The number of sulfonamides is 1. The maximum atomic E-state index is 11.8. The molecule has 0 fully saturated rings. The van der Waals surface area contributed by atoms with Gasteiger partial charge in [-0.1, -0.05) is 29.4 Å². The molecule has 1 heterocycles. The lowest BCUT2D eigenvalue weighted by Gasteiger charge is -2.09. The monoisotopic (exact) mass is 311 g/mol. The smallest absolute Gasteiger partial charge is 0.252 e. The number of nitrogens with one attached hydrogen (secondary N) is 1. The van der Waals surface area contributed by atoms with Gasteiger partial charge in [-0.2, -0.15) is 4.98 Å². The van der Waals surface area contributed by atoms with Crippen molar-refractivity contribution in [1.82, 2.24) is 14.9 Å². The van der Waals surface area contributed by atoms with Gasteiger partial charge in [0.05, 0.1) is 5.75 Å². The quantitative estimate of drug-likeness (QED) is 0.826. The molecule has 0 unspecified atom stereocenters. The molecular weight excluding hydrogens is 294 g/mol. The molecule has 1 aromatic carbocycles. The number of aliphatic hydroxyl groups excluding tert-OH is 1. The molecular formula is C13H17N3O4S. The second kappa shape index (κ2) is 6.33. The van der Waals surface area contributed by atoms with E-state index in [9.17, 15) is 8.42 Å². The Morgan fingerprint density at radius 3 is 2.48 bits per heavy atom. The molecule has 114 valence electrons. The van der Waals surface area contributed by atoms with Gasteiger partial charge in [0.25, 0.3) is 5.89 Å². The van der Waals surface area contributed by atoms with Crippen LogP contribution < -0.4 is 4.72 Å². The van der Waals surface area contributed by atoms with Crippen molar-refractivity contribution in [2.24, 2.45) is 0 Å². The first kappa shape index (κ1) is 15.6. The average molecular weight is 311 g/mol. The van der Waals surface area contributed by atoms with Crippen LogP contribution in [0.4, 0.5) is 0 Å². The molecule has 0 aliphatic rings. The highest BCUT2D eigenvalue weighted by molar-refractivity contribution is 7.88. The van der Waals surface area contributed by atoms with Crippen LogP contribution in [0, 0.1) is 0 Å². The van der Waals surface area contributed by atoms with Gasteiger partial charge in [-0.3, -0.25) is 0 Å². The van der Waals surface area contributed by atoms with Gasteiger partial charge in [-0.15, -0.1) is 0 Å². The Kier molecular flexibility index (Phi) is 4.71. The van der Waals surface area contributed by atoms with Crippen LogP contribution >= 0.6 is 0 Å². The highest BCUT2D eigenvalue weighted by Gasteiger charge is 2.13. The van der Waals surface area contributed by atoms with Crippen LogP contribution in [-0.4, -0.2) is 29.7 Å². The van der Waals surface area contributed by atoms with Gasteiger partial charge >= 0.3 is 0 Å². The third-order valence-electron chi connectivity index (χ3n) is 2.59. The summed E-state index contributed by atoms with van der Waals surface area (Å²) in [7, 11) is -3.34. The molecule has 2 aromatic rings. The van der Waals surface area contributed by atoms with Crippen LogP contribution in [0.1, 0.15) is 25.3 Å². The lowest BCUT2D eigenvalue weighted by atomic mass is 10.1. The maximum absolute atomic E-state index is 11.8. The van der Waals surface area contributed by atoms with Crippen molar-refractivity contribution < 1.29 is 18.0 Å². The lowest BCUT2D eigenvalue weighted by molar-refractivity contribution is 0.222. The first-order valence-electron chi connectivity index (χ1n) is 6.42. The minimum Gasteiger partial charge on any atom is -0.387 e. The number of nitrogens with zero attached hydrogens (tertiary/aromatic N) is 2. The minimum absolute atomic E-state index is 0.0837. The summed E-state index contributed by atoms with van der Waals surface area (Å²) in [6, 6.07) is 6.69. The Bertz CT molecular complexity index is 692. The van der Waals surface area contributed by atoms with Crippen LogP contribution in [0.25, 0.3) is 11.4 Å². The maximum Gasteiger partial charge on any atom is 0.252 e. The number of rotatable bonds is 6. The second-order valence-corrected chi connectivity index (χ2v) is 6.65. The topological polar surface area (TPSA) is 105 Å². The van der Waals surface area contributed by atoms with Crippen LogP contribution in [0.2, 0.25) is 0 Å². The average Bonchev–Trinajstić information content (AvgIpc) is 2.86. The Labute approximate surface area is 123 Å². The van der Waals surface area contributed by atoms with Gasteiger partial charge in [0.2, 0.25) is 15.8 Å². The lowest BCUT2D eigenvalue weighted by Crippen LogP contribution is -2.31. The Morgan fingerprint density at radius 2 is 1.95 bits per heavy atom. The van der Waals surface area contributed by atoms with Crippen LogP contribution in [0.15, 0.2) is 28.8 Å². The summed E-state index contributed by atoms with van der Waals surface area (Å²) < 4.78 is 31.0. The zero-order valence-corrected chi connectivity index (χ0v) is 12.6. The first-order valence-corrected chi connectivity index (χ1v) is 8.07. The zero-order valence-electron chi connectivity index (χ0n) is 11.8. The molecule has 0 bridgehead atoms. The summed E-state index contributed by atoms with van der Waals surface area (Å²) in [6.07, 6.45) is 0. The van der Waals surface area contributed by atoms with E-state index < -0.39 is 10.0 Å². The Morgan fingerprint density at radius 1 is 1.29 bits per heavy atom. The molecule has 7 nitrogen and oxygen atoms in total. The zero-order chi connectivity index (χ0) is 15.5. The van der Waals surface area contributed by atoms with E-state index >= 15 is 0 Å². The molecule has 8 heteroatoms.